The van der Waals surface area contributed by atoms with Crippen molar-refractivity contribution in [3.05, 3.63) is 28.2 Å². The van der Waals surface area contributed by atoms with Gasteiger partial charge in [0, 0.05) is 24.1 Å². The molecule has 1 rings (SSSR count). The molecule has 1 aromatic rings. The molecule has 5 nitrogen and oxygen atoms in total. The lowest BCUT2D eigenvalue weighted by atomic mass is 10.0. The van der Waals surface area contributed by atoms with Crippen molar-refractivity contribution in [2.24, 2.45) is 5.92 Å². The summed E-state index contributed by atoms with van der Waals surface area (Å²) in [6.07, 6.45) is 0.700. The molecule has 1 aromatic carbocycles. The Bertz CT molecular complexity index is 508. The highest BCUT2D eigenvalue weighted by Crippen LogP contribution is 2.27. The predicted octanol–water partition coefficient (Wildman–Crippen LogP) is 2.99. The monoisotopic (exact) mass is 333 g/mol. The van der Waals surface area contributed by atoms with Gasteiger partial charge in [0.2, 0.25) is 0 Å². The number of halogens is 2. The Morgan fingerprint density at radius 3 is 2.71 bits per heavy atom. The van der Waals surface area contributed by atoms with E-state index in [9.17, 15) is 9.59 Å². The summed E-state index contributed by atoms with van der Waals surface area (Å²) in [6.45, 7) is 1.97. The molecule has 116 valence electrons. The number of hydrogen-bond donors (Lipinski definition) is 2. The molecule has 2 N–H and O–H groups in total. The van der Waals surface area contributed by atoms with Crippen LogP contribution >= 0.6 is 23.2 Å². The Hall–Kier alpha value is -1.46. The molecule has 0 heterocycles. The van der Waals surface area contributed by atoms with Crippen LogP contribution in [0, 0.1) is 5.92 Å². The van der Waals surface area contributed by atoms with Crippen LogP contribution in [0.3, 0.4) is 0 Å². The Labute approximate surface area is 133 Å². The second kappa shape index (κ2) is 8.74. The maximum atomic E-state index is 11.7. The summed E-state index contributed by atoms with van der Waals surface area (Å²) in [7, 11) is 0. The average Bonchev–Trinajstić information content (AvgIpc) is 2.44. The zero-order chi connectivity index (χ0) is 15.8. The number of hydrogen-bond acceptors (Lipinski definition) is 3. The first-order chi connectivity index (χ1) is 9.92. The van der Waals surface area contributed by atoms with Gasteiger partial charge in [-0.1, -0.05) is 36.5 Å². The molecule has 0 saturated carbocycles. The van der Waals surface area contributed by atoms with Crippen LogP contribution in [0.4, 0.5) is 0 Å². The fourth-order valence-corrected chi connectivity index (χ4v) is 1.98. The molecule has 0 bridgehead atoms. The van der Waals surface area contributed by atoms with Crippen LogP contribution < -0.4 is 10.1 Å². The third-order valence-corrected chi connectivity index (χ3v) is 3.43. The SMILES string of the molecule is CCC(CNC(=O)COc1cc(Cl)ccc1Cl)CC(=O)O. The number of carboxylic acids is 1. The van der Waals surface area contributed by atoms with Gasteiger partial charge in [-0.2, -0.15) is 0 Å². The maximum absolute atomic E-state index is 11.7. The van der Waals surface area contributed by atoms with Crippen molar-refractivity contribution < 1.29 is 19.4 Å². The molecule has 0 aliphatic rings. The van der Waals surface area contributed by atoms with Gasteiger partial charge in [-0.15, -0.1) is 0 Å². The number of carbonyl (C=O) groups is 2. The quantitative estimate of drug-likeness (QED) is 0.766. The minimum absolute atomic E-state index is 0.0256. The van der Waals surface area contributed by atoms with Crippen LogP contribution in [0.15, 0.2) is 18.2 Å². The van der Waals surface area contributed by atoms with Gasteiger partial charge in [-0.3, -0.25) is 9.59 Å². The lowest BCUT2D eigenvalue weighted by molar-refractivity contribution is -0.138. The number of ether oxygens (including phenoxy) is 1. The highest BCUT2D eigenvalue weighted by molar-refractivity contribution is 6.34. The molecule has 0 fully saturated rings. The van der Waals surface area contributed by atoms with E-state index in [1.165, 1.54) is 6.07 Å². The van der Waals surface area contributed by atoms with Crippen molar-refractivity contribution in [1.82, 2.24) is 5.32 Å². The molecule has 1 amide bonds. The average molecular weight is 334 g/mol. The van der Waals surface area contributed by atoms with Gasteiger partial charge in [-0.25, -0.2) is 0 Å². The van der Waals surface area contributed by atoms with Crippen molar-refractivity contribution in [1.29, 1.82) is 0 Å². The van der Waals surface area contributed by atoms with E-state index >= 15 is 0 Å². The van der Waals surface area contributed by atoms with E-state index in [0.29, 0.717) is 28.8 Å². The predicted molar refractivity (Wildman–Crippen MR) is 81.0 cm³/mol. The van der Waals surface area contributed by atoms with Crippen molar-refractivity contribution in [3.63, 3.8) is 0 Å². The third-order valence-electron chi connectivity index (χ3n) is 2.88. The molecule has 0 spiro atoms. The highest BCUT2D eigenvalue weighted by atomic mass is 35.5. The van der Waals surface area contributed by atoms with Crippen LogP contribution in [0.1, 0.15) is 19.8 Å². The largest absolute Gasteiger partial charge is 0.482 e. The maximum Gasteiger partial charge on any atom is 0.303 e. The Balaban J connectivity index is 2.40. The summed E-state index contributed by atoms with van der Waals surface area (Å²) in [5.41, 5.74) is 0. The van der Waals surface area contributed by atoms with Crippen molar-refractivity contribution >= 4 is 35.1 Å². The van der Waals surface area contributed by atoms with Crippen LogP contribution in [-0.4, -0.2) is 30.1 Å². The minimum atomic E-state index is -0.877. The third kappa shape index (κ3) is 6.69. The zero-order valence-corrected chi connectivity index (χ0v) is 13.1. The van der Waals surface area contributed by atoms with Gasteiger partial charge in [0.05, 0.1) is 5.02 Å². The minimum Gasteiger partial charge on any atom is -0.482 e. The van der Waals surface area contributed by atoms with Crippen LogP contribution in [0.5, 0.6) is 5.75 Å². The summed E-state index contributed by atoms with van der Waals surface area (Å²) in [6, 6.07) is 4.72. The highest BCUT2D eigenvalue weighted by Gasteiger charge is 2.13. The Kier molecular flexibility index (Phi) is 7.32. The van der Waals surface area contributed by atoms with Gasteiger partial charge in [0.25, 0.3) is 5.91 Å². The summed E-state index contributed by atoms with van der Waals surface area (Å²) < 4.78 is 5.28. The second-order valence-corrected chi connectivity index (χ2v) is 5.38. The summed E-state index contributed by atoms with van der Waals surface area (Å²) in [4.78, 5) is 22.3. The number of nitrogens with one attached hydrogen (secondary N) is 1. The fourth-order valence-electron chi connectivity index (χ4n) is 1.65. The standard InChI is InChI=1S/C14H17Cl2NO4/c1-2-9(5-14(19)20)7-17-13(18)8-21-12-6-10(15)3-4-11(12)16/h3-4,6,9H,2,5,7-8H2,1H3,(H,17,18)(H,19,20). The smallest absolute Gasteiger partial charge is 0.303 e. The van der Waals surface area contributed by atoms with E-state index in [4.69, 9.17) is 33.0 Å². The van der Waals surface area contributed by atoms with Gasteiger partial charge >= 0.3 is 5.97 Å². The van der Waals surface area contributed by atoms with Crippen LogP contribution in [-0.2, 0) is 9.59 Å². The van der Waals surface area contributed by atoms with Gasteiger partial charge < -0.3 is 15.2 Å². The molecule has 0 aliphatic heterocycles. The van der Waals surface area contributed by atoms with Crippen LogP contribution in [0.2, 0.25) is 10.0 Å². The Morgan fingerprint density at radius 2 is 2.10 bits per heavy atom. The molecule has 0 aliphatic carbocycles. The number of benzene rings is 1. The van der Waals surface area contributed by atoms with Gasteiger partial charge in [0.1, 0.15) is 5.75 Å². The molecular weight excluding hydrogens is 317 g/mol. The van der Waals surface area contributed by atoms with Crippen molar-refractivity contribution in [3.8, 4) is 5.75 Å². The molecule has 0 aromatic heterocycles. The summed E-state index contributed by atoms with van der Waals surface area (Å²) >= 11 is 11.7. The molecule has 7 heteroatoms. The first kappa shape index (κ1) is 17.6. The van der Waals surface area contributed by atoms with Crippen molar-refractivity contribution in [2.45, 2.75) is 19.8 Å². The van der Waals surface area contributed by atoms with Gasteiger partial charge in [0.15, 0.2) is 6.61 Å². The molecule has 1 atom stereocenters. The summed E-state index contributed by atoms with van der Waals surface area (Å²) in [5.74, 6) is -0.981. The normalized spacial score (nSPS) is 11.8. The first-order valence-corrected chi connectivity index (χ1v) is 7.24. The topological polar surface area (TPSA) is 75.6 Å². The number of carbonyl (C=O) groups excluding carboxylic acids is 1. The fraction of sp³-hybridized carbons (Fsp3) is 0.429. The molecule has 0 saturated heterocycles. The first-order valence-electron chi connectivity index (χ1n) is 6.48. The number of rotatable bonds is 8. The molecule has 21 heavy (non-hydrogen) atoms. The van der Waals surface area contributed by atoms with Gasteiger partial charge in [-0.05, 0) is 18.1 Å². The van der Waals surface area contributed by atoms with Crippen LogP contribution in [0.25, 0.3) is 0 Å². The number of amides is 1. The molecule has 0 radical (unpaired) electrons. The van der Waals surface area contributed by atoms with E-state index in [0.717, 1.165) is 0 Å². The summed E-state index contributed by atoms with van der Waals surface area (Å²) in [5, 5.41) is 12.2. The number of carboxylic acid groups (broad SMARTS) is 1. The second-order valence-electron chi connectivity index (χ2n) is 4.54. The zero-order valence-electron chi connectivity index (χ0n) is 11.6. The number of aliphatic carboxylic acids is 1. The molecular formula is C14H17Cl2NO4. The van der Waals surface area contributed by atoms with E-state index in [1.807, 2.05) is 6.92 Å². The molecule has 1 unspecified atom stereocenters. The van der Waals surface area contributed by atoms with E-state index < -0.39 is 5.97 Å². The lowest BCUT2D eigenvalue weighted by Gasteiger charge is -2.14. The Morgan fingerprint density at radius 1 is 1.38 bits per heavy atom. The van der Waals surface area contributed by atoms with E-state index in [1.54, 1.807) is 12.1 Å². The van der Waals surface area contributed by atoms with E-state index in [2.05, 4.69) is 5.32 Å². The van der Waals surface area contributed by atoms with E-state index in [-0.39, 0.29) is 24.9 Å². The lowest BCUT2D eigenvalue weighted by Crippen LogP contribution is -2.33. The van der Waals surface area contributed by atoms with Crippen molar-refractivity contribution in [2.75, 3.05) is 13.2 Å².